The van der Waals surface area contributed by atoms with E-state index in [1.165, 1.54) is 12.0 Å². The first-order chi connectivity index (χ1) is 8.06. The number of fused-ring (bicyclic) bond motifs is 1. The molecule has 0 aromatic heterocycles. The zero-order chi connectivity index (χ0) is 12.3. The third kappa shape index (κ3) is 3.55. The number of nitrogens with one attached hydrogen (secondary N) is 2. The van der Waals surface area contributed by atoms with Gasteiger partial charge in [-0.15, -0.1) is 0 Å². The van der Waals surface area contributed by atoms with Gasteiger partial charge in [0.25, 0.3) is 0 Å². The van der Waals surface area contributed by atoms with Crippen molar-refractivity contribution in [1.29, 1.82) is 0 Å². The lowest BCUT2D eigenvalue weighted by Crippen LogP contribution is -2.41. The van der Waals surface area contributed by atoms with Gasteiger partial charge in [-0.2, -0.15) is 0 Å². The van der Waals surface area contributed by atoms with Crippen molar-refractivity contribution in [2.45, 2.75) is 38.6 Å². The monoisotopic (exact) mass is 232 g/mol. The summed E-state index contributed by atoms with van der Waals surface area (Å²) in [6.07, 6.45) is 1.25. The van der Waals surface area contributed by atoms with Crippen molar-refractivity contribution in [1.82, 2.24) is 10.6 Å². The Kier molecular flexibility index (Phi) is 3.85. The Morgan fingerprint density at radius 3 is 2.65 bits per heavy atom. The molecule has 1 aliphatic carbocycles. The first-order valence-corrected chi connectivity index (χ1v) is 6.60. The molecule has 2 N–H and O–H groups in total. The van der Waals surface area contributed by atoms with Gasteiger partial charge in [0.15, 0.2) is 0 Å². The molecule has 1 aliphatic rings. The van der Waals surface area contributed by atoms with Crippen LogP contribution in [-0.4, -0.2) is 25.2 Å². The van der Waals surface area contributed by atoms with Crippen LogP contribution in [0.4, 0.5) is 0 Å². The maximum absolute atomic E-state index is 3.54. The average molecular weight is 232 g/mol. The van der Waals surface area contributed by atoms with Crippen LogP contribution in [0.25, 0.3) is 0 Å². The van der Waals surface area contributed by atoms with E-state index in [1.54, 1.807) is 5.56 Å². The van der Waals surface area contributed by atoms with E-state index in [4.69, 9.17) is 0 Å². The number of rotatable bonds is 5. The van der Waals surface area contributed by atoms with Crippen LogP contribution in [0.15, 0.2) is 24.3 Å². The molecular formula is C15H24N2. The summed E-state index contributed by atoms with van der Waals surface area (Å²) in [5.41, 5.74) is 3.31. The Labute approximate surface area is 105 Å². The van der Waals surface area contributed by atoms with Crippen LogP contribution < -0.4 is 10.6 Å². The third-order valence-corrected chi connectivity index (χ3v) is 3.31. The highest BCUT2D eigenvalue weighted by atomic mass is 15.0. The highest BCUT2D eigenvalue weighted by Gasteiger charge is 2.24. The Balaban J connectivity index is 1.62. The molecule has 2 heteroatoms. The molecule has 0 heterocycles. The molecule has 0 fully saturated rings. The minimum absolute atomic E-state index is 0.227. The first kappa shape index (κ1) is 12.6. The van der Waals surface area contributed by atoms with Gasteiger partial charge < -0.3 is 10.6 Å². The number of hydrogen-bond acceptors (Lipinski definition) is 2. The zero-order valence-electron chi connectivity index (χ0n) is 11.2. The van der Waals surface area contributed by atoms with Gasteiger partial charge in [-0.1, -0.05) is 24.3 Å². The lowest BCUT2D eigenvalue weighted by atomic mass is 9.78. The molecule has 2 nitrogen and oxygen atoms in total. The van der Waals surface area contributed by atoms with E-state index >= 15 is 0 Å². The molecule has 1 aromatic carbocycles. The second kappa shape index (κ2) is 5.19. The van der Waals surface area contributed by atoms with Gasteiger partial charge in [-0.05, 0) is 38.3 Å². The van der Waals surface area contributed by atoms with Crippen LogP contribution in [0.3, 0.4) is 0 Å². The van der Waals surface area contributed by atoms with E-state index in [0.717, 1.165) is 25.6 Å². The van der Waals surface area contributed by atoms with Gasteiger partial charge in [-0.25, -0.2) is 0 Å². The van der Waals surface area contributed by atoms with Crippen LogP contribution in [0.1, 0.15) is 37.8 Å². The molecule has 0 aliphatic heterocycles. The van der Waals surface area contributed by atoms with Crippen LogP contribution in [0, 0.1) is 0 Å². The van der Waals surface area contributed by atoms with Crippen molar-refractivity contribution in [3.05, 3.63) is 35.4 Å². The maximum atomic E-state index is 3.54. The standard InChI is InChI=1S/C15H24N2/c1-15(2,3)17-9-8-16-11-13-10-12-6-4-5-7-14(12)13/h4-7,13,16-17H,8-11H2,1-3H3. The predicted molar refractivity (Wildman–Crippen MR) is 73.5 cm³/mol. The second-order valence-corrected chi connectivity index (χ2v) is 5.98. The highest BCUT2D eigenvalue weighted by Crippen LogP contribution is 2.33. The van der Waals surface area contributed by atoms with E-state index in [9.17, 15) is 0 Å². The molecule has 2 rings (SSSR count). The molecule has 17 heavy (non-hydrogen) atoms. The molecule has 0 radical (unpaired) electrons. The van der Waals surface area contributed by atoms with E-state index in [1.807, 2.05) is 0 Å². The highest BCUT2D eigenvalue weighted by molar-refractivity contribution is 5.40. The molecule has 0 spiro atoms. The van der Waals surface area contributed by atoms with Crippen LogP contribution in [-0.2, 0) is 6.42 Å². The van der Waals surface area contributed by atoms with Crippen molar-refractivity contribution in [2.24, 2.45) is 0 Å². The second-order valence-electron chi connectivity index (χ2n) is 5.98. The van der Waals surface area contributed by atoms with Gasteiger partial charge >= 0.3 is 0 Å². The summed E-state index contributed by atoms with van der Waals surface area (Å²) >= 11 is 0. The molecule has 94 valence electrons. The number of benzene rings is 1. The van der Waals surface area contributed by atoms with Crippen LogP contribution >= 0.6 is 0 Å². The molecule has 0 saturated heterocycles. The maximum Gasteiger partial charge on any atom is 0.00970 e. The van der Waals surface area contributed by atoms with Crippen LogP contribution in [0.2, 0.25) is 0 Å². The quantitative estimate of drug-likeness (QED) is 0.761. The number of hydrogen-bond donors (Lipinski definition) is 2. The summed E-state index contributed by atoms with van der Waals surface area (Å²) in [5.74, 6) is 0.737. The molecule has 0 amide bonds. The van der Waals surface area contributed by atoms with Crippen molar-refractivity contribution < 1.29 is 0 Å². The zero-order valence-corrected chi connectivity index (χ0v) is 11.2. The Bertz CT molecular complexity index is 365. The predicted octanol–water partition coefficient (Wildman–Crippen LogP) is 2.30. The molecule has 1 atom stereocenters. The minimum atomic E-state index is 0.227. The summed E-state index contributed by atoms with van der Waals surface area (Å²) in [6, 6.07) is 8.79. The lowest BCUT2D eigenvalue weighted by molar-refractivity contribution is 0.416. The van der Waals surface area contributed by atoms with Crippen molar-refractivity contribution in [3.63, 3.8) is 0 Å². The van der Waals surface area contributed by atoms with Gasteiger partial charge in [0.05, 0.1) is 0 Å². The van der Waals surface area contributed by atoms with Crippen LogP contribution in [0.5, 0.6) is 0 Å². The first-order valence-electron chi connectivity index (χ1n) is 6.60. The summed E-state index contributed by atoms with van der Waals surface area (Å²) in [4.78, 5) is 0. The molecule has 0 bridgehead atoms. The lowest BCUT2D eigenvalue weighted by Gasteiger charge is -2.30. The Morgan fingerprint density at radius 2 is 1.94 bits per heavy atom. The fourth-order valence-corrected chi connectivity index (χ4v) is 2.35. The summed E-state index contributed by atoms with van der Waals surface area (Å²) in [7, 11) is 0. The van der Waals surface area contributed by atoms with E-state index in [-0.39, 0.29) is 5.54 Å². The Hall–Kier alpha value is -0.860. The van der Waals surface area contributed by atoms with Gasteiger partial charge in [0.2, 0.25) is 0 Å². The van der Waals surface area contributed by atoms with Crippen molar-refractivity contribution in [2.75, 3.05) is 19.6 Å². The fourth-order valence-electron chi connectivity index (χ4n) is 2.35. The smallest absolute Gasteiger partial charge is 0.00970 e. The van der Waals surface area contributed by atoms with Crippen molar-refractivity contribution >= 4 is 0 Å². The van der Waals surface area contributed by atoms with E-state index in [2.05, 4.69) is 55.7 Å². The topological polar surface area (TPSA) is 24.1 Å². The van der Waals surface area contributed by atoms with Gasteiger partial charge in [0.1, 0.15) is 0 Å². The summed E-state index contributed by atoms with van der Waals surface area (Å²) < 4.78 is 0. The summed E-state index contributed by atoms with van der Waals surface area (Å²) in [5, 5.41) is 7.03. The minimum Gasteiger partial charge on any atom is -0.315 e. The van der Waals surface area contributed by atoms with Crippen molar-refractivity contribution in [3.8, 4) is 0 Å². The molecule has 1 aromatic rings. The molecule has 0 saturated carbocycles. The fraction of sp³-hybridized carbons (Fsp3) is 0.600. The van der Waals surface area contributed by atoms with Gasteiger partial charge in [-0.3, -0.25) is 0 Å². The average Bonchev–Trinajstić information content (AvgIpc) is 2.22. The summed E-state index contributed by atoms with van der Waals surface area (Å²) in [6.45, 7) is 9.82. The molecule has 1 unspecified atom stereocenters. The largest absolute Gasteiger partial charge is 0.315 e. The third-order valence-electron chi connectivity index (χ3n) is 3.31. The van der Waals surface area contributed by atoms with E-state index < -0.39 is 0 Å². The van der Waals surface area contributed by atoms with E-state index in [0.29, 0.717) is 0 Å². The van der Waals surface area contributed by atoms with Gasteiger partial charge in [0, 0.05) is 31.1 Å². The normalized spacial score (nSPS) is 18.6. The SMILES string of the molecule is CC(C)(C)NCCNCC1Cc2ccccc21. The molecular weight excluding hydrogens is 208 g/mol. The Morgan fingerprint density at radius 1 is 1.18 bits per heavy atom.